The Hall–Kier alpha value is -2.79. The Morgan fingerprint density at radius 1 is 1.19 bits per heavy atom. The summed E-state index contributed by atoms with van der Waals surface area (Å²) in [6.07, 6.45) is 0.559. The number of ether oxygens (including phenoxy) is 1. The zero-order chi connectivity index (χ0) is 18.3. The molecule has 1 aliphatic rings. The summed E-state index contributed by atoms with van der Waals surface area (Å²) in [5.74, 6) is 0.299. The Labute approximate surface area is 154 Å². The van der Waals surface area contributed by atoms with Crippen molar-refractivity contribution in [1.29, 1.82) is 0 Å². The van der Waals surface area contributed by atoms with E-state index in [4.69, 9.17) is 20.8 Å². The van der Waals surface area contributed by atoms with Crippen molar-refractivity contribution in [3.63, 3.8) is 0 Å². The highest BCUT2D eigenvalue weighted by molar-refractivity contribution is 6.30. The van der Waals surface area contributed by atoms with Crippen molar-refractivity contribution in [2.45, 2.75) is 13.3 Å². The molecule has 26 heavy (non-hydrogen) atoms. The maximum absolute atomic E-state index is 12.6. The first-order chi connectivity index (χ1) is 12.5. The second-order valence-corrected chi connectivity index (χ2v) is 6.85. The summed E-state index contributed by atoms with van der Waals surface area (Å²) in [4.78, 5) is 24.2. The van der Waals surface area contributed by atoms with Crippen LogP contribution in [0, 0.1) is 12.8 Å². The number of rotatable bonds is 2. The minimum atomic E-state index is -0.410. The molecule has 1 amide bonds. The van der Waals surface area contributed by atoms with E-state index in [1.165, 1.54) is 6.07 Å². The average Bonchev–Trinajstić information content (AvgIpc) is 2.60. The molecule has 4 rings (SSSR count). The Balaban J connectivity index is 1.55. The second kappa shape index (κ2) is 6.50. The maximum Gasteiger partial charge on any atom is 0.336 e. The third kappa shape index (κ3) is 3.18. The van der Waals surface area contributed by atoms with Gasteiger partial charge in [-0.2, -0.15) is 0 Å². The molecule has 1 aromatic heterocycles. The summed E-state index contributed by atoms with van der Waals surface area (Å²) in [5.41, 5.74) is 2.37. The number of anilines is 1. The van der Waals surface area contributed by atoms with Gasteiger partial charge < -0.3 is 14.5 Å². The van der Waals surface area contributed by atoms with Crippen LogP contribution in [-0.2, 0) is 11.2 Å². The van der Waals surface area contributed by atoms with Crippen LogP contribution < -0.4 is 15.7 Å². The number of hydrogen-bond acceptors (Lipinski definition) is 4. The topological polar surface area (TPSA) is 68.5 Å². The Morgan fingerprint density at radius 2 is 2.04 bits per heavy atom. The van der Waals surface area contributed by atoms with Gasteiger partial charge in [0.05, 0.1) is 5.92 Å². The summed E-state index contributed by atoms with van der Waals surface area (Å²) in [7, 11) is 0. The van der Waals surface area contributed by atoms with Gasteiger partial charge in [-0.05, 0) is 54.8 Å². The predicted octanol–water partition coefficient (Wildman–Crippen LogP) is 3.94. The minimum Gasteiger partial charge on any atom is -0.492 e. The number of halogens is 1. The molecular weight excluding hydrogens is 354 g/mol. The SMILES string of the molecule is Cc1cc(=O)oc2cc(NC(=O)C3COc4ccc(Cl)cc4C3)ccc12. The number of carbonyl (C=O) groups excluding carboxylic acids is 1. The third-order valence-electron chi connectivity index (χ3n) is 4.52. The van der Waals surface area contributed by atoms with Crippen LogP contribution in [0.5, 0.6) is 5.75 Å². The van der Waals surface area contributed by atoms with Crippen molar-refractivity contribution in [3.8, 4) is 5.75 Å². The molecule has 1 N–H and O–H groups in total. The smallest absolute Gasteiger partial charge is 0.336 e. The van der Waals surface area contributed by atoms with E-state index in [0.717, 1.165) is 22.3 Å². The van der Waals surface area contributed by atoms with Gasteiger partial charge in [0, 0.05) is 28.2 Å². The molecule has 2 aromatic carbocycles. The summed E-state index contributed by atoms with van der Waals surface area (Å²) in [6.45, 7) is 2.15. The standard InChI is InChI=1S/C20H16ClNO4/c1-11-6-19(23)26-18-9-15(3-4-16(11)18)22-20(24)13-7-12-8-14(21)2-5-17(12)25-10-13/h2-6,8-9,13H,7,10H2,1H3,(H,22,24). The van der Waals surface area contributed by atoms with Crippen LogP contribution in [0.3, 0.4) is 0 Å². The zero-order valence-corrected chi connectivity index (χ0v) is 14.8. The minimum absolute atomic E-state index is 0.148. The first-order valence-corrected chi connectivity index (χ1v) is 8.64. The van der Waals surface area contributed by atoms with Crippen LogP contribution in [0.1, 0.15) is 11.1 Å². The fourth-order valence-corrected chi connectivity index (χ4v) is 3.37. The number of aryl methyl sites for hydroxylation is 1. The highest BCUT2D eigenvalue weighted by Crippen LogP contribution is 2.30. The van der Waals surface area contributed by atoms with Crippen LogP contribution in [0.15, 0.2) is 51.7 Å². The Bertz CT molecular complexity index is 1070. The number of benzene rings is 2. The van der Waals surface area contributed by atoms with Gasteiger partial charge >= 0.3 is 5.63 Å². The molecule has 3 aromatic rings. The van der Waals surface area contributed by atoms with Gasteiger partial charge in [-0.25, -0.2) is 4.79 Å². The van der Waals surface area contributed by atoms with E-state index in [9.17, 15) is 9.59 Å². The van der Waals surface area contributed by atoms with Gasteiger partial charge in [0.2, 0.25) is 5.91 Å². The maximum atomic E-state index is 12.6. The van der Waals surface area contributed by atoms with Crippen molar-refractivity contribution in [2.75, 3.05) is 11.9 Å². The molecule has 5 nitrogen and oxygen atoms in total. The van der Waals surface area contributed by atoms with Gasteiger partial charge in [-0.3, -0.25) is 4.79 Å². The molecule has 2 heterocycles. The number of amides is 1. The lowest BCUT2D eigenvalue weighted by Gasteiger charge is -2.24. The van der Waals surface area contributed by atoms with Crippen molar-refractivity contribution in [2.24, 2.45) is 5.92 Å². The van der Waals surface area contributed by atoms with Crippen molar-refractivity contribution in [1.82, 2.24) is 0 Å². The summed E-state index contributed by atoms with van der Waals surface area (Å²) in [6, 6.07) is 12.1. The molecule has 0 saturated carbocycles. The van der Waals surface area contributed by atoms with Gasteiger partial charge in [-0.1, -0.05) is 11.6 Å². The van der Waals surface area contributed by atoms with E-state index in [1.54, 1.807) is 18.2 Å². The van der Waals surface area contributed by atoms with Crippen LogP contribution >= 0.6 is 11.6 Å². The molecule has 1 unspecified atom stereocenters. The van der Waals surface area contributed by atoms with Crippen LogP contribution in [0.25, 0.3) is 11.0 Å². The predicted molar refractivity (Wildman–Crippen MR) is 100.0 cm³/mol. The number of hydrogen-bond donors (Lipinski definition) is 1. The van der Waals surface area contributed by atoms with E-state index in [0.29, 0.717) is 29.3 Å². The molecule has 132 valence electrons. The van der Waals surface area contributed by atoms with E-state index < -0.39 is 5.63 Å². The van der Waals surface area contributed by atoms with E-state index >= 15 is 0 Å². The first kappa shape index (κ1) is 16.7. The van der Waals surface area contributed by atoms with Crippen molar-refractivity contribution >= 4 is 34.2 Å². The molecule has 0 radical (unpaired) electrons. The zero-order valence-electron chi connectivity index (χ0n) is 14.0. The lowest BCUT2D eigenvalue weighted by atomic mass is 9.96. The van der Waals surface area contributed by atoms with Crippen molar-refractivity contribution in [3.05, 3.63) is 69.0 Å². The molecule has 1 atom stereocenters. The summed E-state index contributed by atoms with van der Waals surface area (Å²) >= 11 is 6.02. The largest absolute Gasteiger partial charge is 0.492 e. The van der Waals surface area contributed by atoms with Gasteiger partial charge in [0.15, 0.2) is 0 Å². The lowest BCUT2D eigenvalue weighted by Crippen LogP contribution is -2.32. The van der Waals surface area contributed by atoms with E-state index in [1.807, 2.05) is 25.1 Å². The van der Waals surface area contributed by atoms with Gasteiger partial charge in [-0.15, -0.1) is 0 Å². The molecule has 0 aliphatic carbocycles. The second-order valence-electron chi connectivity index (χ2n) is 6.41. The molecule has 1 aliphatic heterocycles. The number of fused-ring (bicyclic) bond motifs is 2. The Morgan fingerprint density at radius 3 is 2.88 bits per heavy atom. The lowest BCUT2D eigenvalue weighted by molar-refractivity contribution is -0.121. The van der Waals surface area contributed by atoms with Crippen molar-refractivity contribution < 1.29 is 13.9 Å². The summed E-state index contributed by atoms with van der Waals surface area (Å²) < 4.78 is 10.9. The number of nitrogens with one attached hydrogen (secondary N) is 1. The molecule has 0 spiro atoms. The van der Waals surface area contributed by atoms with Crippen LogP contribution in [0.4, 0.5) is 5.69 Å². The normalized spacial score (nSPS) is 16.0. The molecule has 0 saturated heterocycles. The highest BCUT2D eigenvalue weighted by Gasteiger charge is 2.26. The Kier molecular flexibility index (Phi) is 4.17. The fraction of sp³-hybridized carbons (Fsp3) is 0.200. The monoisotopic (exact) mass is 369 g/mol. The van der Waals surface area contributed by atoms with Gasteiger partial charge in [0.25, 0.3) is 0 Å². The summed E-state index contributed by atoms with van der Waals surface area (Å²) in [5, 5.41) is 4.33. The molecule has 6 heteroatoms. The quantitative estimate of drug-likeness (QED) is 0.694. The fourth-order valence-electron chi connectivity index (χ4n) is 3.18. The van der Waals surface area contributed by atoms with Crippen LogP contribution in [-0.4, -0.2) is 12.5 Å². The average molecular weight is 370 g/mol. The molecular formula is C20H16ClNO4. The molecule has 0 fully saturated rings. The van der Waals surface area contributed by atoms with E-state index in [-0.39, 0.29) is 11.8 Å². The third-order valence-corrected chi connectivity index (χ3v) is 4.75. The van der Waals surface area contributed by atoms with Gasteiger partial charge in [0.1, 0.15) is 17.9 Å². The number of carbonyl (C=O) groups is 1. The first-order valence-electron chi connectivity index (χ1n) is 8.26. The van der Waals surface area contributed by atoms with E-state index in [2.05, 4.69) is 5.32 Å². The van der Waals surface area contributed by atoms with Crippen LogP contribution in [0.2, 0.25) is 5.02 Å². The molecule has 0 bridgehead atoms. The highest BCUT2D eigenvalue weighted by atomic mass is 35.5.